The lowest BCUT2D eigenvalue weighted by Crippen LogP contribution is -2.22. The molecule has 2 aromatic carbocycles. The van der Waals surface area contributed by atoms with Gasteiger partial charge >= 0.3 is 0 Å². The second-order valence-corrected chi connectivity index (χ2v) is 14.9. The highest BCUT2D eigenvalue weighted by atomic mass is 32.2. The summed E-state index contributed by atoms with van der Waals surface area (Å²) in [5, 5.41) is 23.2. The molecule has 2 aromatic rings. The molecule has 1 aliphatic rings. The highest BCUT2D eigenvalue weighted by molar-refractivity contribution is 7.92. The molecule has 1 aliphatic carbocycles. The minimum atomic E-state index is -3.53. The highest BCUT2D eigenvalue weighted by Crippen LogP contribution is 2.30. The number of hydrogen-bond donors (Lipinski definition) is 4. The third-order valence-corrected chi connectivity index (χ3v) is 10.3. The van der Waals surface area contributed by atoms with E-state index in [2.05, 4.69) is 10.0 Å². The van der Waals surface area contributed by atoms with Gasteiger partial charge in [-0.15, -0.1) is 0 Å². The van der Waals surface area contributed by atoms with Gasteiger partial charge < -0.3 is 20.3 Å². The van der Waals surface area contributed by atoms with Crippen molar-refractivity contribution in [2.45, 2.75) is 86.9 Å². The maximum absolute atomic E-state index is 12.8. The lowest BCUT2D eigenvalue weighted by molar-refractivity contribution is 0.126. The minimum absolute atomic E-state index is 0.0449. The lowest BCUT2D eigenvalue weighted by atomic mass is 10.1. The zero-order valence-corrected chi connectivity index (χ0v) is 25.7. The average Bonchev–Trinajstić information content (AvgIpc) is 3.48. The Bertz CT molecular complexity index is 1290. The van der Waals surface area contributed by atoms with E-state index in [4.69, 9.17) is 4.74 Å². The van der Waals surface area contributed by atoms with Crippen molar-refractivity contribution in [1.29, 1.82) is 0 Å². The largest absolute Gasteiger partial charge is 0.506 e. The molecule has 0 aromatic heterocycles. The van der Waals surface area contributed by atoms with Crippen LogP contribution in [0, 0.1) is 0 Å². The molecule has 3 rings (SSSR count). The number of sulfone groups is 1. The van der Waals surface area contributed by atoms with Gasteiger partial charge in [-0.25, -0.2) is 16.8 Å². The molecule has 1 fully saturated rings. The third-order valence-electron chi connectivity index (χ3n) is 7.40. The topological polar surface area (TPSA) is 142 Å². The van der Waals surface area contributed by atoms with E-state index in [1.807, 2.05) is 18.2 Å². The summed E-state index contributed by atoms with van der Waals surface area (Å²) in [5.41, 5.74) is 1.63. The summed E-state index contributed by atoms with van der Waals surface area (Å²) in [4.78, 5) is 0.472. The number of rotatable bonds is 19. The van der Waals surface area contributed by atoms with Crippen LogP contribution in [0.1, 0.15) is 81.4 Å². The zero-order valence-electron chi connectivity index (χ0n) is 24.1. The zero-order chi connectivity index (χ0) is 29.7. The van der Waals surface area contributed by atoms with Crippen LogP contribution in [0.5, 0.6) is 5.75 Å². The Balaban J connectivity index is 1.19. The number of anilines is 1. The van der Waals surface area contributed by atoms with Crippen LogP contribution in [0.15, 0.2) is 47.4 Å². The van der Waals surface area contributed by atoms with Gasteiger partial charge in [0.2, 0.25) is 10.0 Å². The van der Waals surface area contributed by atoms with E-state index in [-0.39, 0.29) is 16.7 Å². The fourth-order valence-electron chi connectivity index (χ4n) is 5.11. The number of aliphatic hydroxyl groups is 1. The molecule has 0 amide bonds. The Kier molecular flexibility index (Phi) is 13.4. The monoisotopic (exact) mass is 610 g/mol. The third kappa shape index (κ3) is 11.5. The highest BCUT2D eigenvalue weighted by Gasteiger charge is 2.30. The number of benzene rings is 2. The van der Waals surface area contributed by atoms with Crippen LogP contribution in [0.4, 0.5) is 5.69 Å². The van der Waals surface area contributed by atoms with Crippen molar-refractivity contribution in [3.05, 3.63) is 53.6 Å². The minimum Gasteiger partial charge on any atom is -0.506 e. The predicted molar refractivity (Wildman–Crippen MR) is 163 cm³/mol. The fourth-order valence-corrected chi connectivity index (χ4v) is 7.60. The van der Waals surface area contributed by atoms with Gasteiger partial charge in [0.15, 0.2) is 9.84 Å². The second-order valence-electron chi connectivity index (χ2n) is 11.0. The van der Waals surface area contributed by atoms with Crippen LogP contribution in [-0.4, -0.2) is 64.9 Å². The van der Waals surface area contributed by atoms with Crippen molar-refractivity contribution in [2.75, 3.05) is 37.3 Å². The molecule has 0 aliphatic heterocycles. The van der Waals surface area contributed by atoms with Gasteiger partial charge in [0.25, 0.3) is 0 Å². The van der Waals surface area contributed by atoms with Crippen LogP contribution in [-0.2, 0) is 31.0 Å². The summed E-state index contributed by atoms with van der Waals surface area (Å²) >= 11 is 0. The van der Waals surface area contributed by atoms with Crippen molar-refractivity contribution in [3.63, 3.8) is 0 Å². The molecule has 0 radical (unpaired) electrons. The number of phenols is 1. The van der Waals surface area contributed by atoms with Crippen molar-refractivity contribution in [2.24, 2.45) is 0 Å². The van der Waals surface area contributed by atoms with E-state index in [1.54, 1.807) is 12.1 Å². The first-order valence-electron chi connectivity index (χ1n) is 14.7. The molecule has 4 N–H and O–H groups in total. The molecule has 0 saturated heterocycles. The summed E-state index contributed by atoms with van der Waals surface area (Å²) < 4.78 is 56.5. The van der Waals surface area contributed by atoms with Crippen LogP contribution < -0.4 is 10.0 Å². The van der Waals surface area contributed by atoms with Gasteiger partial charge in [0.1, 0.15) is 5.75 Å². The first kappa shape index (κ1) is 33.3. The van der Waals surface area contributed by atoms with E-state index >= 15 is 0 Å². The number of aliphatic hydroxyl groups excluding tert-OH is 1. The molecule has 41 heavy (non-hydrogen) atoms. The molecule has 1 saturated carbocycles. The molecule has 1 unspecified atom stereocenters. The molecule has 0 spiro atoms. The Hall–Kier alpha value is -2.18. The van der Waals surface area contributed by atoms with E-state index in [0.717, 1.165) is 95.6 Å². The van der Waals surface area contributed by atoms with E-state index in [9.17, 15) is 27.0 Å². The Labute approximate surface area is 245 Å². The smallest absolute Gasteiger partial charge is 0.229 e. The lowest BCUT2D eigenvalue weighted by Gasteiger charge is -2.14. The van der Waals surface area contributed by atoms with Gasteiger partial charge in [-0.2, -0.15) is 0 Å². The van der Waals surface area contributed by atoms with Gasteiger partial charge in [-0.3, -0.25) is 4.72 Å². The standard InChI is InChI=1S/C30H46N2O7S2/c1-40(35,36)32-28-22-25(16-17-29(28)33)30(34)23-31-18-7-2-3-8-19-39-20-9-6-11-24-12-10-15-27(21-24)41(37,38)26-13-4-5-14-26/h10,12,15-17,21-22,26,30-34H,2-9,11,13-14,18-20,23H2,1H3. The van der Waals surface area contributed by atoms with Gasteiger partial charge in [-0.05, 0) is 86.9 Å². The van der Waals surface area contributed by atoms with E-state index in [1.165, 1.54) is 12.1 Å². The van der Waals surface area contributed by atoms with Crippen LogP contribution in [0.3, 0.4) is 0 Å². The summed E-state index contributed by atoms with van der Waals surface area (Å²) in [6, 6.07) is 11.8. The molecule has 0 bridgehead atoms. The van der Waals surface area contributed by atoms with Gasteiger partial charge in [-0.1, -0.05) is 43.9 Å². The maximum atomic E-state index is 12.8. The summed E-state index contributed by atoms with van der Waals surface area (Å²) in [7, 11) is -6.74. The number of unbranched alkanes of at least 4 members (excludes halogenated alkanes) is 4. The molecule has 11 heteroatoms. The van der Waals surface area contributed by atoms with Crippen LogP contribution in [0.2, 0.25) is 0 Å². The quantitative estimate of drug-likeness (QED) is 0.132. The van der Waals surface area contributed by atoms with E-state index < -0.39 is 26.0 Å². The molecule has 0 heterocycles. The Morgan fingerprint density at radius 2 is 1.63 bits per heavy atom. The molecule has 9 nitrogen and oxygen atoms in total. The van der Waals surface area contributed by atoms with Crippen molar-refractivity contribution in [3.8, 4) is 5.75 Å². The summed E-state index contributed by atoms with van der Waals surface area (Å²) in [5.74, 6) is -0.196. The predicted octanol–water partition coefficient (Wildman–Crippen LogP) is 4.70. The Morgan fingerprint density at radius 3 is 2.37 bits per heavy atom. The summed E-state index contributed by atoms with van der Waals surface area (Å²) in [6.45, 7) is 2.52. The second kappa shape index (κ2) is 16.5. The summed E-state index contributed by atoms with van der Waals surface area (Å²) in [6.07, 6.45) is 10.6. The average molecular weight is 611 g/mol. The normalized spacial score (nSPS) is 15.3. The van der Waals surface area contributed by atoms with Crippen molar-refractivity contribution >= 4 is 25.5 Å². The van der Waals surface area contributed by atoms with Crippen molar-refractivity contribution in [1.82, 2.24) is 5.32 Å². The van der Waals surface area contributed by atoms with Gasteiger partial charge in [0, 0.05) is 19.8 Å². The SMILES string of the molecule is CS(=O)(=O)Nc1cc(C(O)CNCCCCCCOCCCCc2cccc(S(=O)(=O)C3CCCC3)c2)ccc1O. The van der Waals surface area contributed by atoms with E-state index in [0.29, 0.717) is 23.6 Å². The van der Waals surface area contributed by atoms with Crippen molar-refractivity contribution < 1.29 is 31.8 Å². The number of aryl methyl sites for hydroxylation is 1. The van der Waals surface area contributed by atoms with Crippen LogP contribution in [0.25, 0.3) is 0 Å². The first-order chi connectivity index (χ1) is 19.6. The number of ether oxygens (including phenoxy) is 1. The fraction of sp³-hybridized carbons (Fsp3) is 0.600. The molecular weight excluding hydrogens is 564 g/mol. The number of aromatic hydroxyl groups is 1. The number of hydrogen-bond acceptors (Lipinski definition) is 8. The Morgan fingerprint density at radius 1 is 0.927 bits per heavy atom. The molecule has 1 atom stereocenters. The maximum Gasteiger partial charge on any atom is 0.229 e. The molecular formula is C30H46N2O7S2. The first-order valence-corrected chi connectivity index (χ1v) is 18.1. The van der Waals surface area contributed by atoms with Crippen LogP contribution >= 0.6 is 0 Å². The number of phenolic OH excluding ortho intramolecular Hbond substituents is 1. The number of sulfonamides is 1. The molecule has 230 valence electrons. The number of nitrogens with one attached hydrogen (secondary N) is 2. The van der Waals surface area contributed by atoms with Gasteiger partial charge in [0.05, 0.1) is 28.2 Å².